The molecule has 1 saturated carbocycles. The van der Waals surface area contributed by atoms with E-state index in [0.29, 0.717) is 17.5 Å². The molecule has 2 N–H and O–H groups in total. The fraction of sp³-hybridized carbons (Fsp3) is 0.412. The molecule has 1 atom stereocenters. The van der Waals surface area contributed by atoms with Crippen LogP contribution in [0.4, 0.5) is 0 Å². The van der Waals surface area contributed by atoms with Crippen molar-refractivity contribution in [1.29, 1.82) is 0 Å². The highest BCUT2D eigenvalue weighted by molar-refractivity contribution is 5.98. The highest BCUT2D eigenvalue weighted by Gasteiger charge is 2.42. The SMILES string of the molecule is COc1nc(C(=O)NC(C)(CO)C2CC2)cc2ccccc12. The van der Waals surface area contributed by atoms with Crippen LogP contribution in [-0.2, 0) is 0 Å². The Balaban J connectivity index is 1.93. The van der Waals surface area contributed by atoms with E-state index in [9.17, 15) is 9.90 Å². The zero-order valence-corrected chi connectivity index (χ0v) is 12.8. The van der Waals surface area contributed by atoms with Crippen LogP contribution in [0.5, 0.6) is 5.88 Å². The summed E-state index contributed by atoms with van der Waals surface area (Å²) in [4.78, 5) is 16.8. The molecule has 1 unspecified atom stereocenters. The number of amides is 1. The van der Waals surface area contributed by atoms with E-state index in [-0.39, 0.29) is 12.5 Å². The molecule has 3 rings (SSSR count). The standard InChI is InChI=1S/C17H20N2O3/c1-17(10-20,12-7-8-12)19-15(21)14-9-11-5-3-4-6-13(11)16(18-14)22-2/h3-6,9,12,20H,7-8,10H2,1-2H3,(H,19,21). The summed E-state index contributed by atoms with van der Waals surface area (Å²) in [5.41, 5.74) is -0.284. The molecule has 22 heavy (non-hydrogen) atoms. The Morgan fingerprint density at radius 2 is 2.18 bits per heavy atom. The Labute approximate surface area is 129 Å². The van der Waals surface area contributed by atoms with Crippen molar-refractivity contribution in [2.75, 3.05) is 13.7 Å². The molecular formula is C17H20N2O3. The van der Waals surface area contributed by atoms with E-state index in [1.165, 1.54) is 0 Å². The second-order valence-electron chi connectivity index (χ2n) is 6.04. The lowest BCUT2D eigenvalue weighted by molar-refractivity contribution is 0.0819. The molecule has 1 aliphatic carbocycles. The summed E-state index contributed by atoms with van der Waals surface area (Å²) in [7, 11) is 1.54. The number of ether oxygens (including phenoxy) is 1. The van der Waals surface area contributed by atoms with Crippen LogP contribution < -0.4 is 10.1 Å². The van der Waals surface area contributed by atoms with Crippen LogP contribution in [0.15, 0.2) is 30.3 Å². The fourth-order valence-corrected chi connectivity index (χ4v) is 2.75. The van der Waals surface area contributed by atoms with E-state index >= 15 is 0 Å². The van der Waals surface area contributed by atoms with Gasteiger partial charge in [-0.05, 0) is 43.2 Å². The Hall–Kier alpha value is -2.14. The van der Waals surface area contributed by atoms with Crippen LogP contribution in [0.25, 0.3) is 10.8 Å². The Bertz CT molecular complexity index is 712. The monoisotopic (exact) mass is 300 g/mol. The first-order valence-electron chi connectivity index (χ1n) is 7.44. The number of fused-ring (bicyclic) bond motifs is 1. The van der Waals surface area contributed by atoms with Gasteiger partial charge in [-0.1, -0.05) is 18.2 Å². The maximum Gasteiger partial charge on any atom is 0.270 e. The van der Waals surface area contributed by atoms with Gasteiger partial charge in [-0.2, -0.15) is 0 Å². The topological polar surface area (TPSA) is 71.5 Å². The fourth-order valence-electron chi connectivity index (χ4n) is 2.75. The van der Waals surface area contributed by atoms with Gasteiger partial charge in [0.05, 0.1) is 19.3 Å². The molecule has 1 heterocycles. The van der Waals surface area contributed by atoms with Crippen molar-refractivity contribution >= 4 is 16.7 Å². The number of methoxy groups -OCH3 is 1. The Morgan fingerprint density at radius 1 is 1.45 bits per heavy atom. The van der Waals surface area contributed by atoms with Crippen molar-refractivity contribution in [2.24, 2.45) is 5.92 Å². The lowest BCUT2D eigenvalue weighted by atomic mass is 9.96. The van der Waals surface area contributed by atoms with Gasteiger partial charge >= 0.3 is 0 Å². The lowest BCUT2D eigenvalue weighted by Gasteiger charge is -2.28. The molecule has 116 valence electrons. The maximum absolute atomic E-state index is 12.5. The van der Waals surface area contributed by atoms with Crippen molar-refractivity contribution in [3.05, 3.63) is 36.0 Å². The average molecular weight is 300 g/mol. The zero-order chi connectivity index (χ0) is 15.7. The van der Waals surface area contributed by atoms with Gasteiger partial charge in [0.1, 0.15) is 5.69 Å². The number of aliphatic hydroxyl groups excluding tert-OH is 1. The number of carbonyl (C=O) groups excluding carboxylic acids is 1. The minimum absolute atomic E-state index is 0.0753. The predicted octanol–water partition coefficient (Wildman–Crippen LogP) is 2.13. The first-order valence-corrected chi connectivity index (χ1v) is 7.44. The molecule has 5 heteroatoms. The molecule has 1 amide bonds. The van der Waals surface area contributed by atoms with Gasteiger partial charge < -0.3 is 15.2 Å². The van der Waals surface area contributed by atoms with Crippen LogP contribution in [0.3, 0.4) is 0 Å². The van der Waals surface area contributed by atoms with Crippen molar-refractivity contribution in [3.63, 3.8) is 0 Å². The van der Waals surface area contributed by atoms with E-state index < -0.39 is 5.54 Å². The van der Waals surface area contributed by atoms with Crippen LogP contribution in [0, 0.1) is 5.92 Å². The summed E-state index contributed by atoms with van der Waals surface area (Å²) in [6, 6.07) is 9.39. The van der Waals surface area contributed by atoms with Gasteiger partial charge in [-0.15, -0.1) is 0 Å². The number of aliphatic hydroxyl groups is 1. The van der Waals surface area contributed by atoms with Gasteiger partial charge in [0.2, 0.25) is 5.88 Å². The molecule has 1 aromatic heterocycles. The summed E-state index contributed by atoms with van der Waals surface area (Å²) in [5.74, 6) is 0.483. The highest BCUT2D eigenvalue weighted by atomic mass is 16.5. The predicted molar refractivity (Wildman–Crippen MR) is 84.0 cm³/mol. The summed E-state index contributed by atoms with van der Waals surface area (Å²) in [6.45, 7) is 1.80. The minimum Gasteiger partial charge on any atom is -0.481 e. The number of carbonyl (C=O) groups is 1. The number of pyridine rings is 1. The van der Waals surface area contributed by atoms with Gasteiger partial charge in [-0.25, -0.2) is 4.98 Å². The molecule has 1 aliphatic rings. The molecule has 0 bridgehead atoms. The minimum atomic E-state index is -0.586. The van der Waals surface area contributed by atoms with Gasteiger partial charge in [0, 0.05) is 5.39 Å². The summed E-state index contributed by atoms with van der Waals surface area (Å²) in [5, 5.41) is 14.3. The highest BCUT2D eigenvalue weighted by Crippen LogP contribution is 2.39. The summed E-state index contributed by atoms with van der Waals surface area (Å²) in [6.07, 6.45) is 2.07. The largest absolute Gasteiger partial charge is 0.481 e. The van der Waals surface area contributed by atoms with E-state index in [1.54, 1.807) is 13.2 Å². The molecule has 0 radical (unpaired) electrons. The van der Waals surface area contributed by atoms with Gasteiger partial charge in [0.15, 0.2) is 0 Å². The Morgan fingerprint density at radius 3 is 2.82 bits per heavy atom. The third-order valence-electron chi connectivity index (χ3n) is 4.34. The van der Waals surface area contributed by atoms with E-state index in [2.05, 4.69) is 10.3 Å². The number of hydrogen-bond acceptors (Lipinski definition) is 4. The molecule has 1 fully saturated rings. The number of hydrogen-bond donors (Lipinski definition) is 2. The molecule has 0 spiro atoms. The molecule has 0 aliphatic heterocycles. The van der Waals surface area contributed by atoms with Crippen molar-refractivity contribution in [2.45, 2.75) is 25.3 Å². The number of nitrogens with one attached hydrogen (secondary N) is 1. The van der Waals surface area contributed by atoms with Crippen LogP contribution >= 0.6 is 0 Å². The first kappa shape index (κ1) is 14.8. The van der Waals surface area contributed by atoms with Crippen molar-refractivity contribution in [1.82, 2.24) is 10.3 Å². The van der Waals surface area contributed by atoms with Crippen molar-refractivity contribution in [3.8, 4) is 5.88 Å². The zero-order valence-electron chi connectivity index (χ0n) is 12.8. The molecule has 2 aromatic rings. The normalized spacial score (nSPS) is 17.0. The lowest BCUT2D eigenvalue weighted by Crippen LogP contribution is -2.50. The van der Waals surface area contributed by atoms with Crippen molar-refractivity contribution < 1.29 is 14.6 Å². The Kier molecular flexibility index (Phi) is 3.74. The molecule has 1 aromatic carbocycles. The number of benzene rings is 1. The van der Waals surface area contributed by atoms with Crippen LogP contribution in [-0.4, -0.2) is 35.3 Å². The third kappa shape index (κ3) is 2.64. The van der Waals surface area contributed by atoms with Crippen LogP contribution in [0.2, 0.25) is 0 Å². The summed E-state index contributed by atoms with van der Waals surface area (Å²) < 4.78 is 5.29. The molecular weight excluding hydrogens is 280 g/mol. The van der Waals surface area contributed by atoms with Gasteiger partial charge in [-0.3, -0.25) is 4.79 Å². The third-order valence-corrected chi connectivity index (χ3v) is 4.34. The van der Waals surface area contributed by atoms with E-state index in [0.717, 1.165) is 23.6 Å². The average Bonchev–Trinajstić information content (AvgIpc) is 3.38. The molecule has 0 saturated heterocycles. The first-order chi connectivity index (χ1) is 10.6. The second-order valence-corrected chi connectivity index (χ2v) is 6.04. The number of nitrogens with zero attached hydrogens (tertiary/aromatic N) is 1. The van der Waals surface area contributed by atoms with Gasteiger partial charge in [0.25, 0.3) is 5.91 Å². The summed E-state index contributed by atoms with van der Waals surface area (Å²) >= 11 is 0. The van der Waals surface area contributed by atoms with E-state index in [4.69, 9.17) is 4.74 Å². The van der Waals surface area contributed by atoms with E-state index in [1.807, 2.05) is 31.2 Å². The number of aromatic nitrogens is 1. The smallest absolute Gasteiger partial charge is 0.270 e. The number of rotatable bonds is 5. The molecule has 5 nitrogen and oxygen atoms in total. The quantitative estimate of drug-likeness (QED) is 0.887. The van der Waals surface area contributed by atoms with Crippen LogP contribution in [0.1, 0.15) is 30.3 Å². The maximum atomic E-state index is 12.5. The second kappa shape index (κ2) is 5.57.